The van der Waals surface area contributed by atoms with E-state index >= 15 is 0 Å². The molecule has 0 atom stereocenters. The van der Waals surface area contributed by atoms with Gasteiger partial charge in [0.25, 0.3) is 0 Å². The van der Waals surface area contributed by atoms with Crippen LogP contribution in [0.5, 0.6) is 0 Å². The fraction of sp³-hybridized carbons (Fsp3) is 0.0667. The van der Waals surface area contributed by atoms with Gasteiger partial charge in [-0.25, -0.2) is 14.2 Å². The Morgan fingerprint density at radius 2 is 2.10 bits per heavy atom. The highest BCUT2D eigenvalue weighted by Crippen LogP contribution is 2.25. The molecule has 100 valence electrons. The summed E-state index contributed by atoms with van der Waals surface area (Å²) >= 11 is 0. The lowest BCUT2D eigenvalue weighted by molar-refractivity contribution is 0.0699. The van der Waals surface area contributed by atoms with Gasteiger partial charge in [-0.3, -0.25) is 0 Å². The zero-order valence-electron chi connectivity index (χ0n) is 10.6. The van der Waals surface area contributed by atoms with Crippen molar-refractivity contribution in [1.82, 2.24) is 9.97 Å². The van der Waals surface area contributed by atoms with Crippen LogP contribution >= 0.6 is 0 Å². The Morgan fingerprint density at radius 1 is 1.30 bits per heavy atom. The van der Waals surface area contributed by atoms with E-state index in [4.69, 9.17) is 5.11 Å². The highest BCUT2D eigenvalue weighted by atomic mass is 19.1. The van der Waals surface area contributed by atoms with E-state index in [1.54, 1.807) is 18.2 Å². The van der Waals surface area contributed by atoms with Gasteiger partial charge in [-0.2, -0.15) is 0 Å². The molecule has 0 saturated heterocycles. The number of halogens is 1. The third kappa shape index (κ3) is 1.93. The fourth-order valence-electron chi connectivity index (χ4n) is 2.18. The van der Waals surface area contributed by atoms with Crippen LogP contribution in [0, 0.1) is 12.7 Å². The van der Waals surface area contributed by atoms with Crippen molar-refractivity contribution in [2.24, 2.45) is 0 Å². The van der Waals surface area contributed by atoms with E-state index in [-0.39, 0.29) is 11.4 Å². The van der Waals surface area contributed by atoms with Crippen molar-refractivity contribution in [3.8, 4) is 11.4 Å². The first-order chi connectivity index (χ1) is 9.56. The number of aromatic carboxylic acids is 1. The summed E-state index contributed by atoms with van der Waals surface area (Å²) < 4.78 is 13.4. The van der Waals surface area contributed by atoms with Crippen molar-refractivity contribution in [3.63, 3.8) is 0 Å². The van der Waals surface area contributed by atoms with Crippen molar-refractivity contribution in [2.75, 3.05) is 0 Å². The summed E-state index contributed by atoms with van der Waals surface area (Å²) in [6.07, 6.45) is 0. The van der Waals surface area contributed by atoms with Crippen LogP contribution in [0.1, 0.15) is 15.9 Å². The number of nitrogens with zero attached hydrogens (tertiary/aromatic N) is 1. The number of carboxylic acid groups (broad SMARTS) is 1. The molecule has 0 aliphatic rings. The minimum absolute atomic E-state index is 0.124. The summed E-state index contributed by atoms with van der Waals surface area (Å²) in [5, 5.41) is 9.15. The molecule has 0 unspecified atom stereocenters. The van der Waals surface area contributed by atoms with Crippen LogP contribution in [-0.2, 0) is 0 Å². The Hall–Kier alpha value is -2.69. The van der Waals surface area contributed by atoms with Crippen LogP contribution in [0.2, 0.25) is 0 Å². The predicted molar refractivity (Wildman–Crippen MR) is 73.2 cm³/mol. The number of carboxylic acids is 1. The van der Waals surface area contributed by atoms with Crippen molar-refractivity contribution >= 4 is 17.0 Å². The van der Waals surface area contributed by atoms with Gasteiger partial charge in [0.1, 0.15) is 17.2 Å². The first-order valence-corrected chi connectivity index (χ1v) is 6.05. The number of imidazole rings is 1. The number of carbonyl (C=O) groups is 1. The van der Waals surface area contributed by atoms with Gasteiger partial charge in [0, 0.05) is 5.56 Å². The van der Waals surface area contributed by atoms with Gasteiger partial charge >= 0.3 is 5.97 Å². The van der Waals surface area contributed by atoms with Crippen molar-refractivity contribution in [2.45, 2.75) is 6.92 Å². The maximum Gasteiger partial charge on any atom is 0.337 e. The summed E-state index contributed by atoms with van der Waals surface area (Å²) in [7, 11) is 0. The second-order valence-corrected chi connectivity index (χ2v) is 4.55. The van der Waals surface area contributed by atoms with Crippen LogP contribution in [0.4, 0.5) is 4.39 Å². The van der Waals surface area contributed by atoms with Gasteiger partial charge < -0.3 is 10.1 Å². The molecule has 2 aromatic carbocycles. The van der Waals surface area contributed by atoms with Crippen molar-refractivity contribution in [1.29, 1.82) is 0 Å². The van der Waals surface area contributed by atoms with E-state index in [2.05, 4.69) is 9.97 Å². The molecule has 0 spiro atoms. The molecule has 0 amide bonds. The summed E-state index contributed by atoms with van der Waals surface area (Å²) in [6, 6.07) is 9.31. The van der Waals surface area contributed by atoms with E-state index in [0.29, 0.717) is 22.4 Å². The summed E-state index contributed by atoms with van der Waals surface area (Å²) in [5.74, 6) is -0.931. The Kier molecular flexibility index (Phi) is 2.75. The van der Waals surface area contributed by atoms with E-state index in [9.17, 15) is 9.18 Å². The van der Waals surface area contributed by atoms with E-state index in [0.717, 1.165) is 5.56 Å². The number of aromatic nitrogens is 2. The van der Waals surface area contributed by atoms with Crippen LogP contribution in [-0.4, -0.2) is 21.0 Å². The molecule has 3 rings (SSSR count). The second kappa shape index (κ2) is 4.45. The molecular formula is C15H11FN2O2. The molecule has 0 bridgehead atoms. The highest BCUT2D eigenvalue weighted by molar-refractivity contribution is 6.01. The lowest BCUT2D eigenvalue weighted by Gasteiger charge is -2.01. The van der Waals surface area contributed by atoms with Gasteiger partial charge in [0.05, 0.1) is 11.1 Å². The Labute approximate surface area is 113 Å². The fourth-order valence-corrected chi connectivity index (χ4v) is 2.18. The van der Waals surface area contributed by atoms with Crippen LogP contribution in [0.15, 0.2) is 36.4 Å². The van der Waals surface area contributed by atoms with Gasteiger partial charge in [0.2, 0.25) is 0 Å². The molecule has 1 heterocycles. The lowest BCUT2D eigenvalue weighted by Crippen LogP contribution is -1.96. The second-order valence-electron chi connectivity index (χ2n) is 4.55. The molecule has 0 radical (unpaired) electrons. The van der Waals surface area contributed by atoms with Gasteiger partial charge in [-0.15, -0.1) is 0 Å². The number of hydrogen-bond donors (Lipinski definition) is 2. The zero-order valence-corrected chi connectivity index (χ0v) is 10.6. The number of para-hydroxylation sites is 1. The number of fused-ring (bicyclic) bond motifs is 1. The average molecular weight is 270 g/mol. The quantitative estimate of drug-likeness (QED) is 0.750. The third-order valence-electron chi connectivity index (χ3n) is 3.20. The maximum atomic E-state index is 13.4. The predicted octanol–water partition coefficient (Wildman–Crippen LogP) is 3.38. The Balaban J connectivity index is 2.26. The normalized spacial score (nSPS) is 10.9. The molecule has 0 saturated carbocycles. The number of hydrogen-bond acceptors (Lipinski definition) is 2. The molecule has 2 N–H and O–H groups in total. The molecular weight excluding hydrogens is 259 g/mol. The van der Waals surface area contributed by atoms with Crippen LogP contribution in [0.3, 0.4) is 0 Å². The summed E-state index contributed by atoms with van der Waals surface area (Å²) in [6.45, 7) is 1.85. The molecule has 0 fully saturated rings. The monoisotopic (exact) mass is 270 g/mol. The Morgan fingerprint density at radius 3 is 2.85 bits per heavy atom. The first kappa shape index (κ1) is 12.3. The highest BCUT2D eigenvalue weighted by Gasteiger charge is 2.14. The Bertz CT molecular complexity index is 824. The third-order valence-corrected chi connectivity index (χ3v) is 3.20. The standard InChI is InChI=1S/C15H11FN2O2/c1-8-5-6-9(16)7-11(8)14-17-12-4-2-3-10(15(19)20)13(12)18-14/h2-7H,1H3,(H,17,18)(H,19,20). The van der Waals surface area contributed by atoms with Crippen molar-refractivity contribution in [3.05, 3.63) is 53.3 Å². The molecule has 3 aromatic rings. The van der Waals surface area contributed by atoms with Gasteiger partial charge in [-0.1, -0.05) is 12.1 Å². The van der Waals surface area contributed by atoms with Crippen LogP contribution in [0.25, 0.3) is 22.4 Å². The molecule has 0 aliphatic heterocycles. The number of H-pyrrole nitrogens is 1. The molecule has 4 nitrogen and oxygen atoms in total. The minimum Gasteiger partial charge on any atom is -0.478 e. The topological polar surface area (TPSA) is 66.0 Å². The molecule has 1 aromatic heterocycles. The number of nitrogens with one attached hydrogen (secondary N) is 1. The largest absolute Gasteiger partial charge is 0.478 e. The summed E-state index contributed by atoms with van der Waals surface area (Å²) in [4.78, 5) is 18.5. The average Bonchev–Trinajstić information content (AvgIpc) is 2.84. The van der Waals surface area contributed by atoms with Gasteiger partial charge in [-0.05, 0) is 36.8 Å². The number of rotatable bonds is 2. The summed E-state index contributed by atoms with van der Waals surface area (Å²) in [5.41, 5.74) is 2.60. The smallest absolute Gasteiger partial charge is 0.337 e. The molecule has 20 heavy (non-hydrogen) atoms. The SMILES string of the molecule is Cc1ccc(F)cc1-c1nc2c(C(=O)O)cccc2[nH]1. The minimum atomic E-state index is -1.04. The number of benzene rings is 2. The van der Waals surface area contributed by atoms with E-state index in [1.165, 1.54) is 18.2 Å². The van der Waals surface area contributed by atoms with E-state index in [1.807, 2.05) is 6.92 Å². The zero-order chi connectivity index (χ0) is 14.3. The molecule has 5 heteroatoms. The first-order valence-electron chi connectivity index (χ1n) is 6.05. The van der Waals surface area contributed by atoms with Crippen LogP contribution < -0.4 is 0 Å². The molecule has 0 aliphatic carbocycles. The maximum absolute atomic E-state index is 13.4. The lowest BCUT2D eigenvalue weighted by atomic mass is 10.1. The number of aromatic amines is 1. The number of aryl methyl sites for hydroxylation is 1. The van der Waals surface area contributed by atoms with Gasteiger partial charge in [0.15, 0.2) is 0 Å². The van der Waals surface area contributed by atoms with Crippen molar-refractivity contribution < 1.29 is 14.3 Å². The van der Waals surface area contributed by atoms with E-state index < -0.39 is 5.97 Å².